The number of benzene rings is 3. The van der Waals surface area contributed by atoms with Crippen molar-refractivity contribution in [3.63, 3.8) is 0 Å². The Balaban J connectivity index is 1.35. The molecule has 0 aliphatic rings. The molecule has 0 bridgehead atoms. The highest BCUT2D eigenvalue weighted by Gasteiger charge is 2.03. The van der Waals surface area contributed by atoms with Crippen LogP contribution in [0.2, 0.25) is 5.02 Å². The van der Waals surface area contributed by atoms with Gasteiger partial charge in [-0.05, 0) is 65.7 Å². The van der Waals surface area contributed by atoms with E-state index in [0.717, 1.165) is 22.6 Å². The Morgan fingerprint density at radius 2 is 1.83 bits per heavy atom. The van der Waals surface area contributed by atoms with Crippen molar-refractivity contribution in [3.05, 3.63) is 113 Å². The number of ketones is 1. The fourth-order valence-electron chi connectivity index (χ4n) is 2.86. The van der Waals surface area contributed by atoms with Gasteiger partial charge in [0.15, 0.2) is 5.78 Å². The van der Waals surface area contributed by atoms with Crippen molar-refractivity contribution < 1.29 is 9.53 Å². The molecule has 0 radical (unpaired) electrons. The van der Waals surface area contributed by atoms with Gasteiger partial charge in [0.05, 0.1) is 5.69 Å². The number of hydrogen-bond acceptors (Lipinski definition) is 4. The van der Waals surface area contributed by atoms with Crippen LogP contribution >= 0.6 is 11.6 Å². The highest BCUT2D eigenvalue weighted by atomic mass is 35.5. The van der Waals surface area contributed by atoms with E-state index < -0.39 is 0 Å². The number of carbonyl (C=O) groups is 1. The number of nitrogens with zero attached hydrogens (tertiary/aromatic N) is 3. The minimum Gasteiger partial charge on any atom is -0.489 e. The van der Waals surface area contributed by atoms with E-state index in [1.54, 1.807) is 35.3 Å². The third kappa shape index (κ3) is 5.01. The lowest BCUT2D eigenvalue weighted by Crippen LogP contribution is -1.97. The number of aromatic nitrogens is 3. The maximum absolute atomic E-state index is 12.4. The molecule has 30 heavy (non-hydrogen) atoms. The van der Waals surface area contributed by atoms with Gasteiger partial charge in [0, 0.05) is 10.6 Å². The number of allylic oxidation sites excluding steroid dienone is 1. The van der Waals surface area contributed by atoms with Crippen LogP contribution in [0, 0.1) is 0 Å². The van der Waals surface area contributed by atoms with Crippen LogP contribution in [-0.2, 0) is 6.61 Å². The van der Waals surface area contributed by atoms with Crippen molar-refractivity contribution in [3.8, 4) is 11.4 Å². The van der Waals surface area contributed by atoms with Gasteiger partial charge in [0.25, 0.3) is 0 Å². The Kier molecular flexibility index (Phi) is 6.01. The largest absolute Gasteiger partial charge is 0.489 e. The first-order chi connectivity index (χ1) is 14.7. The van der Waals surface area contributed by atoms with Gasteiger partial charge in [0.1, 0.15) is 25.0 Å². The molecular weight excluding hydrogens is 398 g/mol. The normalized spacial score (nSPS) is 11.0. The summed E-state index contributed by atoms with van der Waals surface area (Å²) < 4.78 is 7.42. The second kappa shape index (κ2) is 9.20. The molecule has 0 saturated carbocycles. The average Bonchev–Trinajstić information content (AvgIpc) is 3.32. The Hall–Kier alpha value is -3.70. The SMILES string of the molecule is O=C(/C=C/c1ccc(OCc2cccc(Cl)c2)cc1)c1ccc(-n2cncn2)cc1. The Morgan fingerprint density at radius 3 is 2.53 bits per heavy atom. The molecule has 5 nitrogen and oxygen atoms in total. The summed E-state index contributed by atoms with van der Waals surface area (Å²) in [5.41, 5.74) is 3.38. The summed E-state index contributed by atoms with van der Waals surface area (Å²) >= 11 is 5.99. The maximum atomic E-state index is 12.4. The molecule has 3 aromatic carbocycles. The molecule has 0 unspecified atom stereocenters. The van der Waals surface area contributed by atoms with Gasteiger partial charge >= 0.3 is 0 Å². The molecule has 4 aromatic rings. The lowest BCUT2D eigenvalue weighted by Gasteiger charge is -2.07. The second-order valence-corrected chi connectivity index (χ2v) is 7.01. The van der Waals surface area contributed by atoms with Crippen LogP contribution in [0.5, 0.6) is 5.75 Å². The van der Waals surface area contributed by atoms with Crippen molar-refractivity contribution in [1.82, 2.24) is 14.8 Å². The quantitative estimate of drug-likeness (QED) is 0.299. The van der Waals surface area contributed by atoms with Gasteiger partial charge in [-0.1, -0.05) is 41.9 Å². The molecule has 0 spiro atoms. The molecule has 0 amide bonds. The molecule has 0 atom stereocenters. The topological polar surface area (TPSA) is 57.0 Å². The van der Waals surface area contributed by atoms with E-state index in [1.807, 2.05) is 60.7 Å². The minimum atomic E-state index is -0.0681. The van der Waals surface area contributed by atoms with Crippen LogP contribution in [0.1, 0.15) is 21.5 Å². The summed E-state index contributed by atoms with van der Waals surface area (Å²) in [4.78, 5) is 16.3. The highest BCUT2D eigenvalue weighted by molar-refractivity contribution is 6.30. The first-order valence-corrected chi connectivity index (χ1v) is 9.70. The van der Waals surface area contributed by atoms with Gasteiger partial charge in [-0.25, -0.2) is 9.67 Å². The van der Waals surface area contributed by atoms with Gasteiger partial charge < -0.3 is 4.74 Å². The monoisotopic (exact) mass is 415 g/mol. The van der Waals surface area contributed by atoms with Crippen LogP contribution in [-0.4, -0.2) is 20.5 Å². The molecule has 1 heterocycles. The van der Waals surface area contributed by atoms with Gasteiger partial charge in [-0.2, -0.15) is 5.10 Å². The molecule has 4 rings (SSSR count). The fourth-order valence-corrected chi connectivity index (χ4v) is 3.07. The summed E-state index contributed by atoms with van der Waals surface area (Å²) in [6, 6.07) is 22.4. The molecule has 0 aliphatic heterocycles. The number of hydrogen-bond donors (Lipinski definition) is 0. The third-order valence-electron chi connectivity index (χ3n) is 4.44. The predicted molar refractivity (Wildman–Crippen MR) is 117 cm³/mol. The standard InChI is InChI=1S/C24H18ClN3O2/c25-21-3-1-2-19(14-21)15-30-23-11-4-18(5-12-23)6-13-24(29)20-7-9-22(10-8-20)28-17-26-16-27-28/h1-14,16-17H,15H2/b13-6+. The number of rotatable bonds is 7. The maximum Gasteiger partial charge on any atom is 0.185 e. The van der Waals surface area contributed by atoms with Crippen LogP contribution in [0.15, 0.2) is 91.5 Å². The lowest BCUT2D eigenvalue weighted by atomic mass is 10.1. The average molecular weight is 416 g/mol. The van der Waals surface area contributed by atoms with Crippen molar-refractivity contribution >= 4 is 23.5 Å². The molecule has 1 aromatic heterocycles. The summed E-state index contributed by atoms with van der Waals surface area (Å²) in [6.45, 7) is 0.443. The first-order valence-electron chi connectivity index (χ1n) is 9.32. The molecule has 148 valence electrons. The van der Waals surface area contributed by atoms with E-state index in [9.17, 15) is 4.79 Å². The van der Waals surface area contributed by atoms with Crippen LogP contribution in [0.25, 0.3) is 11.8 Å². The molecular formula is C24H18ClN3O2. The molecule has 6 heteroatoms. The van der Waals surface area contributed by atoms with Crippen LogP contribution in [0.3, 0.4) is 0 Å². The van der Waals surface area contributed by atoms with E-state index in [0.29, 0.717) is 17.2 Å². The van der Waals surface area contributed by atoms with Gasteiger partial charge in [-0.15, -0.1) is 0 Å². The molecule has 0 N–H and O–H groups in total. The van der Waals surface area contributed by atoms with Crippen molar-refractivity contribution in [2.75, 3.05) is 0 Å². The summed E-state index contributed by atoms with van der Waals surface area (Å²) in [5.74, 6) is 0.684. The summed E-state index contributed by atoms with van der Waals surface area (Å²) in [7, 11) is 0. The van der Waals surface area contributed by atoms with Crippen molar-refractivity contribution in [2.24, 2.45) is 0 Å². The zero-order chi connectivity index (χ0) is 20.8. The lowest BCUT2D eigenvalue weighted by molar-refractivity contribution is 0.104. The highest BCUT2D eigenvalue weighted by Crippen LogP contribution is 2.17. The first kappa shape index (κ1) is 19.6. The van der Waals surface area contributed by atoms with Gasteiger partial charge in [-0.3, -0.25) is 4.79 Å². The van der Waals surface area contributed by atoms with Crippen LogP contribution < -0.4 is 4.74 Å². The van der Waals surface area contributed by atoms with Crippen LogP contribution in [0.4, 0.5) is 0 Å². The minimum absolute atomic E-state index is 0.0681. The Labute approximate surface area is 179 Å². The third-order valence-corrected chi connectivity index (χ3v) is 4.67. The van der Waals surface area contributed by atoms with Gasteiger partial charge in [0.2, 0.25) is 0 Å². The van der Waals surface area contributed by atoms with E-state index in [-0.39, 0.29) is 5.78 Å². The Morgan fingerprint density at radius 1 is 1.03 bits per heavy atom. The Bertz CT molecular complexity index is 1150. The second-order valence-electron chi connectivity index (χ2n) is 6.57. The van der Waals surface area contributed by atoms with E-state index in [1.165, 1.54) is 6.33 Å². The zero-order valence-electron chi connectivity index (χ0n) is 16.0. The number of halogens is 1. The molecule has 0 fully saturated rings. The number of ether oxygens (including phenoxy) is 1. The van der Waals surface area contributed by atoms with Crippen molar-refractivity contribution in [1.29, 1.82) is 0 Å². The molecule has 0 saturated heterocycles. The smallest absolute Gasteiger partial charge is 0.185 e. The molecule has 0 aliphatic carbocycles. The fraction of sp³-hybridized carbons (Fsp3) is 0.0417. The van der Waals surface area contributed by atoms with E-state index in [4.69, 9.17) is 16.3 Å². The van der Waals surface area contributed by atoms with E-state index >= 15 is 0 Å². The summed E-state index contributed by atoms with van der Waals surface area (Å²) in [5, 5.41) is 4.76. The van der Waals surface area contributed by atoms with Crippen molar-refractivity contribution in [2.45, 2.75) is 6.61 Å². The predicted octanol–water partition coefficient (Wildman–Crippen LogP) is 5.40. The number of carbonyl (C=O) groups excluding carboxylic acids is 1. The summed E-state index contributed by atoms with van der Waals surface area (Å²) in [6.07, 6.45) is 6.43. The van der Waals surface area contributed by atoms with E-state index in [2.05, 4.69) is 10.1 Å². The zero-order valence-corrected chi connectivity index (χ0v) is 16.7.